The molecule has 2 aromatic heterocycles. The highest BCUT2D eigenvalue weighted by Gasteiger charge is 2.17. The molecule has 31 heavy (non-hydrogen) atoms. The first-order valence-electron chi connectivity index (χ1n) is 9.87. The molecule has 10 heteroatoms. The quantitative estimate of drug-likeness (QED) is 0.497. The number of nitrogens with one attached hydrogen (secondary N) is 2. The number of fused-ring (bicyclic) bond motifs is 1. The monoisotopic (exact) mass is 461 g/mol. The molecule has 1 aromatic carbocycles. The van der Waals surface area contributed by atoms with Crippen molar-refractivity contribution in [1.29, 1.82) is 5.26 Å². The number of nitrogens with zero attached hydrogens (tertiary/aromatic N) is 3. The fraction of sp³-hybridized carbons (Fsp3) is 0.333. The number of halogens is 1. The fourth-order valence-corrected chi connectivity index (χ4v) is 4.73. The highest BCUT2D eigenvalue weighted by atomic mass is 35.5. The third-order valence-electron chi connectivity index (χ3n) is 5.40. The van der Waals surface area contributed by atoms with Gasteiger partial charge in [0.05, 0.1) is 11.6 Å². The lowest BCUT2D eigenvalue weighted by molar-refractivity contribution is 0.344. The number of benzene rings is 1. The largest absolute Gasteiger partial charge is 0.494 e. The van der Waals surface area contributed by atoms with Crippen molar-refractivity contribution in [1.82, 2.24) is 19.6 Å². The van der Waals surface area contributed by atoms with Crippen LogP contribution >= 0.6 is 12.4 Å². The molecule has 0 saturated carbocycles. The lowest BCUT2D eigenvalue weighted by Crippen LogP contribution is -2.33. The maximum absolute atomic E-state index is 12.5. The average Bonchev–Trinajstić information content (AvgIpc) is 3.36. The van der Waals surface area contributed by atoms with Gasteiger partial charge >= 0.3 is 0 Å². The number of H-pyrrole nitrogens is 1. The smallest absolute Gasteiger partial charge is 0.242 e. The Hall–Kier alpha value is -2.64. The highest BCUT2D eigenvalue weighted by Crippen LogP contribution is 2.29. The summed E-state index contributed by atoms with van der Waals surface area (Å²) in [6.45, 7) is 3.12. The molecule has 0 aliphatic carbocycles. The summed E-state index contributed by atoms with van der Waals surface area (Å²) < 4.78 is 27.6. The summed E-state index contributed by atoms with van der Waals surface area (Å²) in [5.74, 6) is 0.0159. The van der Waals surface area contributed by atoms with Crippen molar-refractivity contribution in [3.05, 3.63) is 53.3 Å². The van der Waals surface area contributed by atoms with Gasteiger partial charge in [0.15, 0.2) is 5.88 Å². The highest BCUT2D eigenvalue weighted by molar-refractivity contribution is 7.89. The van der Waals surface area contributed by atoms with E-state index in [9.17, 15) is 13.5 Å². The Bertz CT molecular complexity index is 1200. The van der Waals surface area contributed by atoms with Crippen LogP contribution in [0.3, 0.4) is 0 Å². The summed E-state index contributed by atoms with van der Waals surface area (Å²) in [4.78, 5) is 9.52. The maximum atomic E-state index is 12.5. The SMILES string of the molecule is Cl.N#Cc1ccc2[nH]c(O)c(Cc3ccc(S(=O)(=O)NCCN4CCCC4)cn3)c2c1. The molecule has 8 nitrogen and oxygen atoms in total. The van der Waals surface area contributed by atoms with E-state index in [4.69, 9.17) is 5.26 Å². The van der Waals surface area contributed by atoms with Crippen LogP contribution in [0.25, 0.3) is 10.9 Å². The van der Waals surface area contributed by atoms with Gasteiger partial charge in [0.1, 0.15) is 4.90 Å². The summed E-state index contributed by atoms with van der Waals surface area (Å²) in [7, 11) is -3.61. The van der Waals surface area contributed by atoms with Gasteiger partial charge in [0.25, 0.3) is 0 Å². The Morgan fingerprint density at radius 2 is 2.00 bits per heavy atom. The number of sulfonamides is 1. The second-order valence-electron chi connectivity index (χ2n) is 7.43. The molecule has 1 saturated heterocycles. The molecule has 0 atom stereocenters. The molecule has 4 rings (SSSR count). The number of aromatic hydroxyl groups is 1. The van der Waals surface area contributed by atoms with Crippen LogP contribution in [0.15, 0.2) is 41.4 Å². The molecule has 1 fully saturated rings. The van der Waals surface area contributed by atoms with E-state index in [2.05, 4.69) is 25.7 Å². The second-order valence-corrected chi connectivity index (χ2v) is 9.20. The topological polar surface area (TPSA) is 122 Å². The molecular weight excluding hydrogens is 438 g/mol. The van der Waals surface area contributed by atoms with Crippen LogP contribution < -0.4 is 4.72 Å². The third-order valence-corrected chi connectivity index (χ3v) is 6.84. The molecule has 1 aliphatic rings. The number of pyridine rings is 1. The summed E-state index contributed by atoms with van der Waals surface area (Å²) >= 11 is 0. The van der Waals surface area contributed by atoms with E-state index in [1.54, 1.807) is 24.3 Å². The Labute approximate surface area is 187 Å². The van der Waals surface area contributed by atoms with E-state index in [1.165, 1.54) is 25.1 Å². The zero-order valence-corrected chi connectivity index (χ0v) is 18.5. The van der Waals surface area contributed by atoms with Crippen molar-refractivity contribution < 1.29 is 13.5 Å². The number of hydrogen-bond donors (Lipinski definition) is 3. The normalized spacial score (nSPS) is 14.4. The van der Waals surface area contributed by atoms with Gasteiger partial charge in [-0.3, -0.25) is 4.98 Å². The zero-order chi connectivity index (χ0) is 21.1. The Morgan fingerprint density at radius 3 is 2.68 bits per heavy atom. The fourth-order valence-electron chi connectivity index (χ4n) is 3.77. The summed E-state index contributed by atoms with van der Waals surface area (Å²) in [5, 5.41) is 20.1. The van der Waals surface area contributed by atoms with Crippen molar-refractivity contribution in [3.8, 4) is 11.9 Å². The molecular formula is C21H24ClN5O3S. The van der Waals surface area contributed by atoms with Gasteiger partial charge in [-0.1, -0.05) is 0 Å². The van der Waals surface area contributed by atoms with E-state index in [0.29, 0.717) is 36.3 Å². The van der Waals surface area contributed by atoms with E-state index in [1.807, 2.05) is 0 Å². The molecule has 3 N–H and O–H groups in total. The van der Waals surface area contributed by atoms with Gasteiger partial charge in [-0.05, 0) is 56.3 Å². The van der Waals surface area contributed by atoms with Crippen LogP contribution in [-0.2, 0) is 16.4 Å². The van der Waals surface area contributed by atoms with Crippen molar-refractivity contribution in [3.63, 3.8) is 0 Å². The average molecular weight is 462 g/mol. The summed E-state index contributed by atoms with van der Waals surface area (Å²) in [5.41, 5.74) is 2.46. The van der Waals surface area contributed by atoms with Gasteiger partial charge < -0.3 is 15.0 Å². The molecule has 1 aliphatic heterocycles. The zero-order valence-electron chi connectivity index (χ0n) is 16.8. The Morgan fingerprint density at radius 1 is 1.23 bits per heavy atom. The van der Waals surface area contributed by atoms with Crippen LogP contribution in [0.5, 0.6) is 5.88 Å². The third kappa shape index (κ3) is 5.17. The summed E-state index contributed by atoms with van der Waals surface area (Å²) in [6.07, 6.45) is 3.98. The van der Waals surface area contributed by atoms with Gasteiger partial charge in [0, 0.05) is 47.9 Å². The predicted octanol–water partition coefficient (Wildman–Crippen LogP) is 2.53. The van der Waals surface area contributed by atoms with Gasteiger partial charge in [-0.15, -0.1) is 12.4 Å². The first-order chi connectivity index (χ1) is 14.5. The number of hydrogen-bond acceptors (Lipinski definition) is 6. The molecule has 0 unspecified atom stereocenters. The number of aromatic amines is 1. The van der Waals surface area contributed by atoms with Crippen molar-refractivity contribution >= 4 is 33.3 Å². The first kappa shape index (κ1) is 23.0. The van der Waals surface area contributed by atoms with Gasteiger partial charge in [-0.25, -0.2) is 13.1 Å². The molecule has 0 amide bonds. The van der Waals surface area contributed by atoms with Crippen LogP contribution in [0.4, 0.5) is 0 Å². The molecule has 3 aromatic rings. The van der Waals surface area contributed by atoms with Crippen LogP contribution in [0, 0.1) is 11.3 Å². The summed E-state index contributed by atoms with van der Waals surface area (Å²) in [6, 6.07) is 10.4. The first-order valence-corrected chi connectivity index (χ1v) is 11.4. The molecule has 3 heterocycles. The molecule has 0 spiro atoms. The Balaban J connectivity index is 0.00000272. The minimum atomic E-state index is -3.61. The van der Waals surface area contributed by atoms with Crippen LogP contribution in [-0.4, -0.2) is 54.6 Å². The Kier molecular flexibility index (Phi) is 7.18. The van der Waals surface area contributed by atoms with Crippen molar-refractivity contribution in [2.24, 2.45) is 0 Å². The lowest BCUT2D eigenvalue weighted by Gasteiger charge is -2.14. The van der Waals surface area contributed by atoms with Crippen LogP contribution in [0.2, 0.25) is 0 Å². The standard InChI is InChI=1S/C21H23N5O3S.ClH/c22-13-15-3-6-20-18(11-15)19(21(27)25-20)12-16-4-5-17(14-23-16)30(28,29)24-7-10-26-8-1-2-9-26;/h3-6,11,14,24-25,27H,1-2,7-10,12H2;1H. The molecule has 164 valence electrons. The van der Waals surface area contributed by atoms with E-state index in [0.717, 1.165) is 24.0 Å². The van der Waals surface area contributed by atoms with E-state index >= 15 is 0 Å². The number of likely N-dealkylation sites (tertiary alicyclic amines) is 1. The number of rotatable bonds is 7. The van der Waals surface area contributed by atoms with Crippen molar-refractivity contribution in [2.75, 3.05) is 26.2 Å². The molecule has 0 radical (unpaired) electrons. The minimum Gasteiger partial charge on any atom is -0.494 e. The van der Waals surface area contributed by atoms with Gasteiger partial charge in [-0.2, -0.15) is 5.26 Å². The predicted molar refractivity (Wildman–Crippen MR) is 120 cm³/mol. The minimum absolute atomic E-state index is 0. The van der Waals surface area contributed by atoms with Crippen molar-refractivity contribution in [2.45, 2.75) is 24.2 Å². The number of aromatic nitrogens is 2. The second kappa shape index (κ2) is 9.66. The van der Waals surface area contributed by atoms with Gasteiger partial charge in [0.2, 0.25) is 10.0 Å². The number of nitriles is 1. The van der Waals surface area contributed by atoms with E-state index < -0.39 is 10.0 Å². The molecule has 0 bridgehead atoms. The lowest BCUT2D eigenvalue weighted by atomic mass is 10.1. The van der Waals surface area contributed by atoms with E-state index in [-0.39, 0.29) is 23.2 Å². The van der Waals surface area contributed by atoms with Crippen LogP contribution in [0.1, 0.15) is 29.7 Å². The maximum Gasteiger partial charge on any atom is 0.242 e.